The van der Waals surface area contributed by atoms with Gasteiger partial charge in [-0.1, -0.05) is 17.7 Å². The predicted octanol–water partition coefficient (Wildman–Crippen LogP) is 4.43. The van der Waals surface area contributed by atoms with E-state index in [1.807, 2.05) is 23.6 Å². The van der Waals surface area contributed by atoms with Crippen LogP contribution in [0.1, 0.15) is 5.56 Å². The number of aryl methyl sites for hydroxylation is 1. The van der Waals surface area contributed by atoms with Crippen molar-refractivity contribution in [2.75, 3.05) is 0 Å². The zero-order valence-corrected chi connectivity index (χ0v) is 9.89. The maximum Gasteiger partial charge on any atom is 0.158 e. The van der Waals surface area contributed by atoms with Gasteiger partial charge in [-0.25, -0.2) is 0 Å². The van der Waals surface area contributed by atoms with Crippen LogP contribution in [0.4, 0.5) is 0 Å². The maximum atomic E-state index is 5.94. The lowest BCUT2D eigenvalue weighted by atomic mass is 10.1. The Morgan fingerprint density at radius 2 is 2.21 bits per heavy atom. The molecule has 0 unspecified atom stereocenters. The van der Waals surface area contributed by atoms with E-state index >= 15 is 0 Å². The van der Waals surface area contributed by atoms with Gasteiger partial charge in [-0.05, 0) is 36.8 Å². The molecule has 0 fully saturated rings. The second-order valence-electron chi connectivity index (χ2n) is 3.02. The van der Waals surface area contributed by atoms with E-state index in [1.54, 1.807) is 0 Å². The lowest BCUT2D eigenvalue weighted by molar-refractivity contribution is 1.35. The Hall–Kier alpha value is -0.640. The number of aromatic amines is 1. The van der Waals surface area contributed by atoms with Crippen molar-refractivity contribution < 1.29 is 0 Å². The number of hydrogen-bond donors (Lipinski definition) is 1. The molecule has 0 aliphatic carbocycles. The third-order valence-corrected chi connectivity index (χ3v) is 3.31. The number of aromatic nitrogens is 1. The number of benzene rings is 1. The molecule has 4 heteroatoms. The highest BCUT2D eigenvalue weighted by atomic mass is 35.5. The van der Waals surface area contributed by atoms with E-state index < -0.39 is 0 Å². The minimum atomic E-state index is 0.746. The fourth-order valence-electron chi connectivity index (χ4n) is 1.30. The average molecular weight is 242 g/mol. The SMILES string of the molecule is Cc1ccc(Cl)cc1-c1csc(=S)[nH]1. The predicted molar refractivity (Wildman–Crippen MR) is 64.7 cm³/mol. The van der Waals surface area contributed by atoms with E-state index in [9.17, 15) is 0 Å². The minimum absolute atomic E-state index is 0.746. The lowest BCUT2D eigenvalue weighted by Crippen LogP contribution is -1.82. The number of H-pyrrole nitrogens is 1. The highest BCUT2D eigenvalue weighted by molar-refractivity contribution is 7.73. The summed E-state index contributed by atoms with van der Waals surface area (Å²) >= 11 is 12.5. The topological polar surface area (TPSA) is 15.8 Å². The van der Waals surface area contributed by atoms with Crippen LogP contribution in [-0.2, 0) is 0 Å². The van der Waals surface area contributed by atoms with Crippen molar-refractivity contribution in [2.45, 2.75) is 6.92 Å². The molecule has 1 aromatic heterocycles. The molecule has 0 bridgehead atoms. The Kier molecular flexibility index (Phi) is 2.72. The zero-order chi connectivity index (χ0) is 10.1. The van der Waals surface area contributed by atoms with Gasteiger partial charge in [0.2, 0.25) is 0 Å². The van der Waals surface area contributed by atoms with Crippen molar-refractivity contribution >= 4 is 35.2 Å². The lowest BCUT2D eigenvalue weighted by Gasteiger charge is -2.02. The second-order valence-corrected chi connectivity index (χ2v) is 5.00. The largest absolute Gasteiger partial charge is 0.337 e. The van der Waals surface area contributed by atoms with Crippen LogP contribution in [0.2, 0.25) is 5.02 Å². The van der Waals surface area contributed by atoms with Gasteiger partial charge in [-0.2, -0.15) is 0 Å². The van der Waals surface area contributed by atoms with Gasteiger partial charge in [0.25, 0.3) is 0 Å². The number of rotatable bonds is 1. The Bertz CT molecular complexity index is 513. The van der Waals surface area contributed by atoms with Crippen molar-refractivity contribution in [3.63, 3.8) is 0 Å². The Morgan fingerprint density at radius 3 is 2.86 bits per heavy atom. The summed E-state index contributed by atoms with van der Waals surface area (Å²) in [7, 11) is 0. The van der Waals surface area contributed by atoms with Crippen LogP contribution in [0, 0.1) is 10.9 Å². The first-order valence-electron chi connectivity index (χ1n) is 4.11. The molecule has 0 atom stereocenters. The second kappa shape index (κ2) is 3.85. The standard InChI is InChI=1S/C10H8ClNS2/c1-6-2-3-7(11)4-8(6)9-5-14-10(13)12-9/h2-5H,1H3,(H,12,13). The summed E-state index contributed by atoms with van der Waals surface area (Å²) in [6.07, 6.45) is 0. The van der Waals surface area contributed by atoms with Crippen LogP contribution in [0.15, 0.2) is 23.6 Å². The Balaban J connectivity index is 2.61. The fraction of sp³-hybridized carbons (Fsp3) is 0.100. The molecule has 1 heterocycles. The maximum absolute atomic E-state index is 5.94. The van der Waals surface area contributed by atoms with E-state index in [0.29, 0.717) is 0 Å². The van der Waals surface area contributed by atoms with Gasteiger partial charge in [-0.3, -0.25) is 0 Å². The Labute approximate surface area is 96.4 Å². The molecular formula is C10H8ClNS2. The van der Waals surface area contributed by atoms with Gasteiger partial charge >= 0.3 is 0 Å². The Morgan fingerprint density at radius 1 is 1.43 bits per heavy atom. The molecule has 0 amide bonds. The smallest absolute Gasteiger partial charge is 0.158 e. The minimum Gasteiger partial charge on any atom is -0.337 e. The van der Waals surface area contributed by atoms with E-state index in [0.717, 1.165) is 20.2 Å². The van der Waals surface area contributed by atoms with Crippen molar-refractivity contribution in [3.05, 3.63) is 38.1 Å². The quantitative estimate of drug-likeness (QED) is 0.730. The molecule has 0 spiro atoms. The number of nitrogens with one attached hydrogen (secondary N) is 1. The van der Waals surface area contributed by atoms with Crippen LogP contribution < -0.4 is 0 Å². The average Bonchev–Trinajstić information content (AvgIpc) is 2.56. The third-order valence-electron chi connectivity index (χ3n) is 2.01. The summed E-state index contributed by atoms with van der Waals surface area (Å²) in [6.45, 7) is 2.06. The highest BCUT2D eigenvalue weighted by Crippen LogP contribution is 2.26. The molecule has 0 radical (unpaired) electrons. The van der Waals surface area contributed by atoms with Gasteiger partial charge in [0.1, 0.15) is 0 Å². The summed E-state index contributed by atoms with van der Waals surface area (Å²) in [5, 5.41) is 2.76. The van der Waals surface area contributed by atoms with E-state index in [4.69, 9.17) is 23.8 Å². The van der Waals surface area contributed by atoms with Gasteiger partial charge < -0.3 is 4.98 Å². The van der Waals surface area contributed by atoms with Crippen LogP contribution in [0.25, 0.3) is 11.3 Å². The van der Waals surface area contributed by atoms with Crippen LogP contribution in [-0.4, -0.2) is 4.98 Å². The van der Waals surface area contributed by atoms with Crippen LogP contribution in [0.3, 0.4) is 0 Å². The van der Waals surface area contributed by atoms with Crippen molar-refractivity contribution in [2.24, 2.45) is 0 Å². The number of thiazole rings is 1. The van der Waals surface area contributed by atoms with Gasteiger partial charge in [0.05, 0.1) is 5.69 Å². The van der Waals surface area contributed by atoms with E-state index in [-0.39, 0.29) is 0 Å². The monoisotopic (exact) mass is 241 g/mol. The van der Waals surface area contributed by atoms with Crippen molar-refractivity contribution in [3.8, 4) is 11.3 Å². The fourth-order valence-corrected chi connectivity index (χ4v) is 2.30. The van der Waals surface area contributed by atoms with Crippen LogP contribution >= 0.6 is 35.2 Å². The molecule has 14 heavy (non-hydrogen) atoms. The summed E-state index contributed by atoms with van der Waals surface area (Å²) in [5.41, 5.74) is 3.35. The van der Waals surface area contributed by atoms with Crippen molar-refractivity contribution in [1.29, 1.82) is 0 Å². The molecule has 2 aromatic rings. The first-order valence-corrected chi connectivity index (χ1v) is 5.78. The molecule has 0 saturated heterocycles. The highest BCUT2D eigenvalue weighted by Gasteiger charge is 2.03. The summed E-state index contributed by atoms with van der Waals surface area (Å²) in [5.74, 6) is 0. The molecule has 1 N–H and O–H groups in total. The number of hydrogen-bond acceptors (Lipinski definition) is 2. The molecular weight excluding hydrogens is 234 g/mol. The van der Waals surface area contributed by atoms with Gasteiger partial charge in [-0.15, -0.1) is 11.3 Å². The summed E-state index contributed by atoms with van der Waals surface area (Å²) in [4.78, 5) is 3.14. The first kappa shape index (κ1) is 9.90. The normalized spacial score (nSPS) is 10.4. The zero-order valence-electron chi connectivity index (χ0n) is 7.50. The van der Waals surface area contributed by atoms with E-state index in [2.05, 4.69) is 11.9 Å². The third kappa shape index (κ3) is 1.90. The first-order chi connectivity index (χ1) is 6.66. The molecule has 1 nitrogen and oxygen atoms in total. The molecule has 1 aromatic carbocycles. The van der Waals surface area contributed by atoms with Crippen LogP contribution in [0.5, 0.6) is 0 Å². The molecule has 2 rings (SSSR count). The number of halogens is 1. The van der Waals surface area contributed by atoms with Gasteiger partial charge in [0, 0.05) is 16.0 Å². The van der Waals surface area contributed by atoms with Crippen molar-refractivity contribution in [1.82, 2.24) is 4.98 Å². The molecule has 0 aliphatic heterocycles. The van der Waals surface area contributed by atoms with E-state index in [1.165, 1.54) is 16.9 Å². The van der Waals surface area contributed by atoms with Gasteiger partial charge in [0.15, 0.2) is 3.95 Å². The summed E-state index contributed by atoms with van der Waals surface area (Å²) in [6, 6.07) is 5.85. The molecule has 72 valence electrons. The molecule has 0 saturated carbocycles. The molecule has 0 aliphatic rings. The summed E-state index contributed by atoms with van der Waals surface area (Å²) < 4.78 is 0.791.